The quantitative estimate of drug-likeness (QED) is 0.245. The van der Waals surface area contributed by atoms with Crippen LogP contribution in [0.4, 0.5) is 0 Å². The average Bonchev–Trinajstić information content (AvgIpc) is 3.45. The molecule has 0 N–H and O–H groups in total. The number of para-hydroxylation sites is 1. The van der Waals surface area contributed by atoms with Gasteiger partial charge < -0.3 is 8.83 Å². The molecule has 0 fully saturated rings. The predicted octanol–water partition coefficient (Wildman–Crippen LogP) is 10.1. The number of pyridine rings is 1. The molecule has 0 spiro atoms. The minimum atomic E-state index is 0.222. The lowest BCUT2D eigenvalue weighted by atomic mass is 9.88. The molecule has 0 amide bonds. The van der Waals surface area contributed by atoms with Crippen LogP contribution in [0.2, 0.25) is 0 Å². The van der Waals surface area contributed by atoms with Gasteiger partial charge in [-0.2, -0.15) is 0 Å². The predicted molar refractivity (Wildman–Crippen MR) is 158 cm³/mol. The van der Waals surface area contributed by atoms with E-state index in [0.717, 1.165) is 67.5 Å². The second-order valence-electron chi connectivity index (χ2n) is 11.5. The van der Waals surface area contributed by atoms with Gasteiger partial charge in [0.15, 0.2) is 0 Å². The topological polar surface area (TPSA) is 39.2 Å². The number of rotatable bonds is 3. The first-order valence-corrected chi connectivity index (χ1v) is 13.2. The molecule has 3 heterocycles. The summed E-state index contributed by atoms with van der Waals surface area (Å²) >= 11 is 0. The zero-order chi connectivity index (χ0) is 26.0. The van der Waals surface area contributed by atoms with Crippen LogP contribution < -0.4 is 0 Å². The van der Waals surface area contributed by atoms with Crippen LogP contribution in [0, 0.1) is 12.3 Å². The molecule has 0 aliphatic rings. The first-order valence-electron chi connectivity index (χ1n) is 13.2. The second-order valence-corrected chi connectivity index (χ2v) is 11.5. The maximum absolute atomic E-state index is 6.49. The highest BCUT2D eigenvalue weighted by Gasteiger charge is 2.19. The molecule has 0 aliphatic carbocycles. The third kappa shape index (κ3) is 3.69. The molecule has 0 aliphatic heterocycles. The van der Waals surface area contributed by atoms with E-state index in [1.54, 1.807) is 0 Å². The summed E-state index contributed by atoms with van der Waals surface area (Å²) in [6.07, 6.45) is 2.87. The zero-order valence-corrected chi connectivity index (χ0v) is 22.1. The number of furan rings is 2. The Kier molecular flexibility index (Phi) is 4.99. The van der Waals surface area contributed by atoms with Crippen LogP contribution >= 0.6 is 0 Å². The second kappa shape index (κ2) is 8.32. The van der Waals surface area contributed by atoms with Gasteiger partial charge in [0.25, 0.3) is 0 Å². The molecule has 0 bridgehead atoms. The van der Waals surface area contributed by atoms with Gasteiger partial charge in [-0.25, -0.2) is 0 Å². The van der Waals surface area contributed by atoms with E-state index >= 15 is 0 Å². The lowest BCUT2D eigenvalue weighted by molar-refractivity contribution is 0.411. The molecule has 0 saturated heterocycles. The van der Waals surface area contributed by atoms with Crippen LogP contribution in [0.1, 0.15) is 31.9 Å². The Morgan fingerprint density at radius 1 is 0.737 bits per heavy atom. The van der Waals surface area contributed by atoms with Crippen molar-refractivity contribution in [1.29, 1.82) is 0 Å². The monoisotopic (exact) mass is 495 g/mol. The summed E-state index contributed by atoms with van der Waals surface area (Å²) in [7, 11) is 0. The Hall–Kier alpha value is -4.37. The molecular weight excluding hydrogens is 466 g/mol. The van der Waals surface area contributed by atoms with Crippen molar-refractivity contribution in [2.24, 2.45) is 5.41 Å². The standard InChI is InChI=1S/C35H29NO2/c1-21-25-14-13-22(20-35(2,3)4)17-31(25)38-33(21)24-15-16-36-29(19-24)28-18-23-9-5-6-10-26(23)32-27-11-7-8-12-30(27)37-34(28)32/h5-19H,20H2,1-4H3. The molecule has 0 saturated carbocycles. The summed E-state index contributed by atoms with van der Waals surface area (Å²) < 4.78 is 12.9. The minimum absolute atomic E-state index is 0.222. The molecular formula is C35H29NO2. The van der Waals surface area contributed by atoms with E-state index in [-0.39, 0.29) is 5.41 Å². The van der Waals surface area contributed by atoms with Crippen molar-refractivity contribution >= 4 is 43.7 Å². The Morgan fingerprint density at radius 2 is 1.53 bits per heavy atom. The van der Waals surface area contributed by atoms with E-state index in [9.17, 15) is 0 Å². The third-order valence-electron chi connectivity index (χ3n) is 7.41. The Balaban J connectivity index is 1.41. The SMILES string of the molecule is Cc1c(-c2ccnc(-c3cc4ccccc4c4c3oc3ccccc34)c2)oc2cc(CC(C)(C)C)ccc12. The molecule has 3 aromatic heterocycles. The van der Waals surface area contributed by atoms with Crippen LogP contribution in [0.15, 0.2) is 100.0 Å². The van der Waals surface area contributed by atoms with Crippen molar-refractivity contribution in [3.63, 3.8) is 0 Å². The third-order valence-corrected chi connectivity index (χ3v) is 7.41. The minimum Gasteiger partial charge on any atom is -0.456 e. The van der Waals surface area contributed by atoms with Crippen LogP contribution in [0.25, 0.3) is 66.3 Å². The summed E-state index contributed by atoms with van der Waals surface area (Å²) in [6.45, 7) is 8.93. The maximum atomic E-state index is 6.49. The molecule has 7 aromatic rings. The number of aromatic nitrogens is 1. The molecule has 7 rings (SSSR count). The van der Waals surface area contributed by atoms with Crippen molar-refractivity contribution in [1.82, 2.24) is 4.98 Å². The van der Waals surface area contributed by atoms with E-state index in [4.69, 9.17) is 13.8 Å². The summed E-state index contributed by atoms with van der Waals surface area (Å²) in [5.74, 6) is 0.887. The number of aryl methyl sites for hydroxylation is 1. The fourth-order valence-corrected chi connectivity index (χ4v) is 5.75. The van der Waals surface area contributed by atoms with Crippen LogP contribution in [0.3, 0.4) is 0 Å². The summed E-state index contributed by atoms with van der Waals surface area (Å²) in [4.78, 5) is 4.80. The van der Waals surface area contributed by atoms with Crippen molar-refractivity contribution in [3.8, 4) is 22.6 Å². The highest BCUT2D eigenvalue weighted by molar-refractivity contribution is 6.22. The summed E-state index contributed by atoms with van der Waals surface area (Å²) in [5, 5.41) is 5.76. The van der Waals surface area contributed by atoms with Gasteiger partial charge in [0.1, 0.15) is 22.5 Å². The molecule has 3 nitrogen and oxygen atoms in total. The molecule has 4 aromatic carbocycles. The van der Waals surface area contributed by atoms with Crippen molar-refractivity contribution in [2.45, 2.75) is 34.1 Å². The first kappa shape index (κ1) is 22.8. The molecule has 0 atom stereocenters. The van der Waals surface area contributed by atoms with Crippen LogP contribution in [-0.4, -0.2) is 4.98 Å². The van der Waals surface area contributed by atoms with E-state index in [0.29, 0.717) is 0 Å². The lowest BCUT2D eigenvalue weighted by Crippen LogP contribution is -2.08. The van der Waals surface area contributed by atoms with Gasteiger partial charge in [-0.1, -0.05) is 75.4 Å². The molecule has 0 unspecified atom stereocenters. The van der Waals surface area contributed by atoms with E-state index in [2.05, 4.69) is 94.4 Å². The Bertz CT molecular complexity index is 2000. The van der Waals surface area contributed by atoms with Gasteiger partial charge in [0.05, 0.1) is 5.69 Å². The fourth-order valence-electron chi connectivity index (χ4n) is 5.75. The van der Waals surface area contributed by atoms with Crippen LogP contribution in [-0.2, 0) is 6.42 Å². The van der Waals surface area contributed by atoms with Crippen LogP contribution in [0.5, 0.6) is 0 Å². The lowest BCUT2D eigenvalue weighted by Gasteiger charge is -2.17. The number of hydrogen-bond acceptors (Lipinski definition) is 3. The smallest absolute Gasteiger partial charge is 0.145 e. The van der Waals surface area contributed by atoms with E-state index in [1.807, 2.05) is 24.4 Å². The number of nitrogens with zero attached hydrogens (tertiary/aromatic N) is 1. The maximum Gasteiger partial charge on any atom is 0.145 e. The average molecular weight is 496 g/mol. The molecule has 0 radical (unpaired) electrons. The first-order chi connectivity index (χ1) is 18.4. The fraction of sp³-hybridized carbons (Fsp3) is 0.171. The highest BCUT2D eigenvalue weighted by atomic mass is 16.3. The van der Waals surface area contributed by atoms with Gasteiger partial charge in [-0.05, 0) is 65.4 Å². The van der Waals surface area contributed by atoms with Gasteiger partial charge in [-0.3, -0.25) is 4.98 Å². The normalized spacial score (nSPS) is 12.3. The molecule has 3 heteroatoms. The van der Waals surface area contributed by atoms with Crippen molar-refractivity contribution in [3.05, 3.63) is 102 Å². The van der Waals surface area contributed by atoms with Crippen molar-refractivity contribution < 1.29 is 8.83 Å². The highest BCUT2D eigenvalue weighted by Crippen LogP contribution is 2.41. The van der Waals surface area contributed by atoms with Crippen molar-refractivity contribution in [2.75, 3.05) is 0 Å². The molecule has 186 valence electrons. The zero-order valence-electron chi connectivity index (χ0n) is 22.1. The largest absolute Gasteiger partial charge is 0.456 e. The van der Waals surface area contributed by atoms with Gasteiger partial charge in [-0.15, -0.1) is 0 Å². The Morgan fingerprint density at radius 3 is 2.37 bits per heavy atom. The Labute approximate surface area is 221 Å². The number of fused-ring (bicyclic) bond motifs is 6. The van der Waals surface area contributed by atoms with E-state index in [1.165, 1.54) is 16.3 Å². The number of benzene rings is 4. The van der Waals surface area contributed by atoms with Gasteiger partial charge >= 0.3 is 0 Å². The van der Waals surface area contributed by atoms with E-state index < -0.39 is 0 Å². The summed E-state index contributed by atoms with van der Waals surface area (Å²) in [6, 6.07) is 29.7. The van der Waals surface area contributed by atoms with Gasteiger partial charge in [0.2, 0.25) is 0 Å². The van der Waals surface area contributed by atoms with Gasteiger partial charge in [0, 0.05) is 39.0 Å². The summed E-state index contributed by atoms with van der Waals surface area (Å²) in [5.41, 5.74) is 8.21. The molecule has 38 heavy (non-hydrogen) atoms. The number of hydrogen-bond donors (Lipinski definition) is 0.